The molecule has 1 aliphatic heterocycles. The second-order valence-electron chi connectivity index (χ2n) is 5.42. The summed E-state index contributed by atoms with van der Waals surface area (Å²) in [7, 11) is 0. The molecule has 1 aliphatic carbocycles. The molecule has 1 aromatic rings. The van der Waals surface area contributed by atoms with Crippen molar-refractivity contribution in [1.82, 2.24) is 0 Å². The first-order valence-electron chi connectivity index (χ1n) is 6.64. The quantitative estimate of drug-likeness (QED) is 0.867. The molecule has 2 aliphatic rings. The van der Waals surface area contributed by atoms with Crippen LogP contribution in [-0.2, 0) is 10.2 Å². The van der Waals surface area contributed by atoms with Gasteiger partial charge in [0, 0.05) is 18.6 Å². The molecule has 1 atom stereocenters. The Kier molecular flexibility index (Phi) is 2.93. The maximum absolute atomic E-state index is 10.7. The zero-order chi connectivity index (χ0) is 11.7. The number of hydrogen-bond acceptors (Lipinski definition) is 2. The fourth-order valence-corrected chi connectivity index (χ4v) is 3.14. The first kappa shape index (κ1) is 11.2. The number of rotatable bonds is 3. The third-order valence-electron chi connectivity index (χ3n) is 4.42. The number of aliphatic hydroxyl groups excluding tert-OH is 1. The smallest absolute Gasteiger partial charge is 0.0666 e. The lowest BCUT2D eigenvalue weighted by Gasteiger charge is -2.32. The Morgan fingerprint density at radius 2 is 1.76 bits per heavy atom. The van der Waals surface area contributed by atoms with Crippen molar-refractivity contribution in [2.75, 3.05) is 13.2 Å². The molecule has 92 valence electrons. The van der Waals surface area contributed by atoms with E-state index in [0.29, 0.717) is 5.92 Å². The van der Waals surface area contributed by atoms with E-state index in [2.05, 4.69) is 24.3 Å². The zero-order valence-corrected chi connectivity index (χ0v) is 10.1. The number of ether oxygens (including phenoxy) is 1. The number of aliphatic hydroxyl groups is 1. The molecule has 2 heteroatoms. The SMILES string of the molecule is OC(C1CCOCC1)C1(c2ccccc2)CC1. The van der Waals surface area contributed by atoms with Crippen LogP contribution >= 0.6 is 0 Å². The van der Waals surface area contributed by atoms with Crippen molar-refractivity contribution < 1.29 is 9.84 Å². The van der Waals surface area contributed by atoms with Gasteiger partial charge in [-0.1, -0.05) is 30.3 Å². The first-order valence-corrected chi connectivity index (χ1v) is 6.64. The van der Waals surface area contributed by atoms with Crippen molar-refractivity contribution in [3.8, 4) is 0 Å². The lowest BCUT2D eigenvalue weighted by molar-refractivity contribution is -0.00811. The van der Waals surface area contributed by atoms with Gasteiger partial charge in [-0.05, 0) is 37.2 Å². The lowest BCUT2D eigenvalue weighted by Crippen LogP contribution is -2.36. The molecule has 1 aromatic carbocycles. The van der Waals surface area contributed by atoms with E-state index in [0.717, 1.165) is 38.9 Å². The molecule has 2 fully saturated rings. The fraction of sp³-hybridized carbons (Fsp3) is 0.600. The molecule has 1 unspecified atom stereocenters. The summed E-state index contributed by atoms with van der Waals surface area (Å²) in [5, 5.41) is 10.7. The summed E-state index contributed by atoms with van der Waals surface area (Å²) in [5.74, 6) is 0.423. The van der Waals surface area contributed by atoms with E-state index < -0.39 is 0 Å². The minimum absolute atomic E-state index is 0.0588. The van der Waals surface area contributed by atoms with Crippen molar-refractivity contribution in [1.29, 1.82) is 0 Å². The molecular weight excluding hydrogens is 212 g/mol. The van der Waals surface area contributed by atoms with Gasteiger partial charge in [0.15, 0.2) is 0 Å². The van der Waals surface area contributed by atoms with Crippen molar-refractivity contribution in [2.24, 2.45) is 5.92 Å². The molecule has 0 radical (unpaired) electrons. The van der Waals surface area contributed by atoms with E-state index in [4.69, 9.17) is 4.74 Å². The number of benzene rings is 1. The lowest BCUT2D eigenvalue weighted by atomic mass is 9.80. The molecule has 0 aromatic heterocycles. The van der Waals surface area contributed by atoms with Crippen molar-refractivity contribution in [3.05, 3.63) is 35.9 Å². The Morgan fingerprint density at radius 3 is 2.35 bits per heavy atom. The van der Waals surface area contributed by atoms with Gasteiger partial charge in [-0.3, -0.25) is 0 Å². The van der Waals surface area contributed by atoms with Gasteiger partial charge in [0.1, 0.15) is 0 Å². The van der Waals surface area contributed by atoms with Gasteiger partial charge < -0.3 is 9.84 Å². The van der Waals surface area contributed by atoms with Crippen molar-refractivity contribution in [3.63, 3.8) is 0 Å². The summed E-state index contributed by atoms with van der Waals surface area (Å²) in [6.07, 6.45) is 4.10. The van der Waals surface area contributed by atoms with E-state index in [1.165, 1.54) is 5.56 Å². The highest BCUT2D eigenvalue weighted by molar-refractivity contribution is 5.33. The third kappa shape index (κ3) is 2.00. The molecule has 0 spiro atoms. The van der Waals surface area contributed by atoms with E-state index >= 15 is 0 Å². The van der Waals surface area contributed by atoms with Gasteiger partial charge in [-0.2, -0.15) is 0 Å². The maximum Gasteiger partial charge on any atom is 0.0666 e. The Balaban J connectivity index is 1.78. The molecule has 0 amide bonds. The van der Waals surface area contributed by atoms with Crippen molar-refractivity contribution in [2.45, 2.75) is 37.2 Å². The maximum atomic E-state index is 10.7. The highest BCUT2D eigenvalue weighted by Gasteiger charge is 2.52. The third-order valence-corrected chi connectivity index (χ3v) is 4.42. The molecular formula is C15H20O2. The van der Waals surface area contributed by atoms with Gasteiger partial charge in [-0.25, -0.2) is 0 Å². The molecule has 1 N–H and O–H groups in total. The predicted octanol–water partition coefficient (Wildman–Crippen LogP) is 2.51. The van der Waals surface area contributed by atoms with E-state index in [9.17, 15) is 5.11 Å². The average molecular weight is 232 g/mol. The summed E-state index contributed by atoms with van der Waals surface area (Å²) >= 11 is 0. The molecule has 17 heavy (non-hydrogen) atoms. The van der Waals surface area contributed by atoms with Gasteiger partial charge >= 0.3 is 0 Å². The molecule has 2 nitrogen and oxygen atoms in total. The van der Waals surface area contributed by atoms with Crippen LogP contribution in [0.25, 0.3) is 0 Å². The van der Waals surface area contributed by atoms with Crippen LogP contribution in [0.5, 0.6) is 0 Å². The Hall–Kier alpha value is -0.860. The minimum atomic E-state index is -0.186. The summed E-state index contributed by atoms with van der Waals surface area (Å²) in [6, 6.07) is 10.5. The van der Waals surface area contributed by atoms with Crippen LogP contribution in [0.4, 0.5) is 0 Å². The summed E-state index contributed by atoms with van der Waals surface area (Å²) in [4.78, 5) is 0. The van der Waals surface area contributed by atoms with Gasteiger partial charge in [0.2, 0.25) is 0 Å². The Bertz CT molecular complexity index is 364. The minimum Gasteiger partial charge on any atom is -0.392 e. The van der Waals surface area contributed by atoms with Crippen LogP contribution in [0.1, 0.15) is 31.2 Å². The average Bonchev–Trinajstić information content (AvgIpc) is 3.21. The second kappa shape index (κ2) is 4.43. The van der Waals surface area contributed by atoms with E-state index in [1.807, 2.05) is 6.07 Å². The normalized spacial score (nSPS) is 25.5. The van der Waals surface area contributed by atoms with Crippen LogP contribution in [0, 0.1) is 5.92 Å². The number of hydrogen-bond donors (Lipinski definition) is 1. The van der Waals surface area contributed by atoms with E-state index in [-0.39, 0.29) is 11.5 Å². The van der Waals surface area contributed by atoms with Gasteiger partial charge in [0.25, 0.3) is 0 Å². The Morgan fingerprint density at radius 1 is 1.12 bits per heavy atom. The topological polar surface area (TPSA) is 29.5 Å². The summed E-state index contributed by atoms with van der Waals surface area (Å²) < 4.78 is 5.38. The monoisotopic (exact) mass is 232 g/mol. The molecule has 0 bridgehead atoms. The standard InChI is InChI=1S/C15H20O2/c16-14(12-6-10-17-11-7-12)15(8-9-15)13-4-2-1-3-5-13/h1-5,12,14,16H,6-11H2. The highest BCUT2D eigenvalue weighted by Crippen LogP contribution is 2.53. The predicted molar refractivity (Wildman–Crippen MR) is 66.9 cm³/mol. The highest BCUT2D eigenvalue weighted by atomic mass is 16.5. The van der Waals surface area contributed by atoms with Crippen molar-refractivity contribution >= 4 is 0 Å². The fourth-order valence-electron chi connectivity index (χ4n) is 3.14. The Labute approximate surface area is 103 Å². The van der Waals surface area contributed by atoms with Gasteiger partial charge in [0.05, 0.1) is 6.10 Å². The molecule has 3 rings (SSSR count). The molecule has 1 heterocycles. The van der Waals surface area contributed by atoms with Crippen LogP contribution < -0.4 is 0 Å². The largest absolute Gasteiger partial charge is 0.392 e. The zero-order valence-electron chi connectivity index (χ0n) is 10.1. The first-order chi connectivity index (χ1) is 8.33. The summed E-state index contributed by atoms with van der Waals surface area (Å²) in [6.45, 7) is 1.62. The van der Waals surface area contributed by atoms with Crippen LogP contribution in [0.15, 0.2) is 30.3 Å². The van der Waals surface area contributed by atoms with Gasteiger partial charge in [-0.15, -0.1) is 0 Å². The molecule has 1 saturated carbocycles. The van der Waals surface area contributed by atoms with Crippen LogP contribution in [0.3, 0.4) is 0 Å². The second-order valence-corrected chi connectivity index (χ2v) is 5.42. The van der Waals surface area contributed by atoms with Crippen LogP contribution in [-0.4, -0.2) is 24.4 Å². The molecule has 1 saturated heterocycles. The summed E-state index contributed by atoms with van der Waals surface area (Å²) in [5.41, 5.74) is 1.38. The van der Waals surface area contributed by atoms with E-state index in [1.54, 1.807) is 0 Å². The van der Waals surface area contributed by atoms with Crippen LogP contribution in [0.2, 0.25) is 0 Å².